The fraction of sp³-hybridized carbons (Fsp3) is 0.200. The number of aromatic nitrogens is 4. The van der Waals surface area contributed by atoms with Gasteiger partial charge in [-0.25, -0.2) is 0 Å². The van der Waals surface area contributed by atoms with Crippen molar-refractivity contribution in [3.05, 3.63) is 94.6 Å². The molecule has 7 heteroatoms. The van der Waals surface area contributed by atoms with Crippen molar-refractivity contribution in [3.8, 4) is 5.69 Å². The molecule has 1 N–H and O–H groups in total. The van der Waals surface area contributed by atoms with Crippen LogP contribution in [-0.2, 0) is 6.42 Å². The lowest BCUT2D eigenvalue weighted by atomic mass is 10.1. The molecule has 2 aromatic carbocycles. The number of para-hydroxylation sites is 1. The van der Waals surface area contributed by atoms with E-state index in [1.54, 1.807) is 0 Å². The summed E-state index contributed by atoms with van der Waals surface area (Å²) in [6.45, 7) is 5.14. The molecule has 32 heavy (non-hydrogen) atoms. The van der Waals surface area contributed by atoms with Gasteiger partial charge in [0.25, 0.3) is 0 Å². The maximum Gasteiger partial charge on any atom is 0.196 e. The van der Waals surface area contributed by atoms with Crippen LogP contribution in [0.1, 0.15) is 50.4 Å². The summed E-state index contributed by atoms with van der Waals surface area (Å²) in [5.74, 6) is 0.879. The molecule has 0 bridgehead atoms. The first-order valence-electron chi connectivity index (χ1n) is 10.4. The molecule has 0 aliphatic heterocycles. The summed E-state index contributed by atoms with van der Waals surface area (Å²) in [6.07, 6.45) is 0.633. The zero-order valence-corrected chi connectivity index (χ0v) is 19.1. The first-order chi connectivity index (χ1) is 15.5. The minimum absolute atomic E-state index is 0.0441. The number of carbonyl (C=O) groups is 2. The zero-order chi connectivity index (χ0) is 22.7. The average molecular weight is 445 g/mol. The molecular weight excluding hydrogens is 420 g/mol. The van der Waals surface area contributed by atoms with Crippen molar-refractivity contribution in [1.82, 2.24) is 19.7 Å². The molecule has 0 amide bonds. The van der Waals surface area contributed by atoms with Gasteiger partial charge in [0.05, 0.1) is 11.4 Å². The van der Waals surface area contributed by atoms with E-state index in [9.17, 15) is 9.59 Å². The molecule has 6 nitrogen and oxygen atoms in total. The smallest absolute Gasteiger partial charge is 0.196 e. The largest absolute Gasteiger partial charge is 0.355 e. The number of aromatic amines is 1. The number of Topliss-reactive ketones (excluding diaryl/α,β-unsaturated/α-hetero) is 2. The third-order valence-corrected chi connectivity index (χ3v) is 6.25. The number of nitrogens with one attached hydrogen (secondary N) is 1. The molecule has 0 aliphatic carbocycles. The Bertz CT molecular complexity index is 1260. The van der Waals surface area contributed by atoms with Crippen LogP contribution in [0.25, 0.3) is 5.69 Å². The van der Waals surface area contributed by atoms with Crippen LogP contribution in [0.2, 0.25) is 0 Å². The Labute approximate surface area is 191 Å². The van der Waals surface area contributed by atoms with Gasteiger partial charge in [-0.2, -0.15) is 0 Å². The van der Waals surface area contributed by atoms with Crippen LogP contribution in [0.3, 0.4) is 0 Å². The highest BCUT2D eigenvalue weighted by molar-refractivity contribution is 7.99. The lowest BCUT2D eigenvalue weighted by Crippen LogP contribution is -2.08. The number of aryl methyl sites for hydroxylation is 1. The quantitative estimate of drug-likeness (QED) is 0.306. The normalized spacial score (nSPS) is 11.0. The standard InChI is InChI=1S/C25H24N4O2S/c1-16-23(18(3)30)17(2)26-24(16)21(31)15-32-25-28-27-22(14-19-10-6-4-7-11-19)29(25)20-12-8-5-9-13-20/h4-13,26H,14-15H2,1-3H3. The van der Waals surface area contributed by atoms with Gasteiger partial charge in [-0.05, 0) is 44.0 Å². The number of carbonyl (C=O) groups excluding carboxylic acids is 2. The second kappa shape index (κ2) is 9.36. The minimum atomic E-state index is -0.0738. The Kier molecular flexibility index (Phi) is 6.37. The third kappa shape index (κ3) is 4.43. The van der Waals surface area contributed by atoms with Gasteiger partial charge in [0.2, 0.25) is 0 Å². The van der Waals surface area contributed by atoms with Crippen LogP contribution in [0.15, 0.2) is 65.8 Å². The number of benzene rings is 2. The van der Waals surface area contributed by atoms with Gasteiger partial charge in [-0.3, -0.25) is 14.2 Å². The summed E-state index contributed by atoms with van der Waals surface area (Å²) in [7, 11) is 0. The van der Waals surface area contributed by atoms with Gasteiger partial charge in [-0.1, -0.05) is 60.3 Å². The number of thioether (sulfide) groups is 1. The summed E-state index contributed by atoms with van der Waals surface area (Å²) in [5.41, 5.74) is 4.59. The van der Waals surface area contributed by atoms with Gasteiger partial charge < -0.3 is 4.98 Å². The SMILES string of the molecule is CC(=O)c1c(C)[nH]c(C(=O)CSc2nnc(Cc3ccccc3)n2-c2ccccc2)c1C. The lowest BCUT2D eigenvalue weighted by Gasteiger charge is -2.10. The van der Waals surface area contributed by atoms with Crippen LogP contribution in [-0.4, -0.2) is 37.1 Å². The average Bonchev–Trinajstić information content (AvgIpc) is 3.33. The van der Waals surface area contributed by atoms with Gasteiger partial charge in [0.15, 0.2) is 16.7 Å². The molecule has 0 unspecified atom stereocenters. The van der Waals surface area contributed by atoms with Gasteiger partial charge >= 0.3 is 0 Å². The van der Waals surface area contributed by atoms with E-state index in [-0.39, 0.29) is 17.3 Å². The van der Waals surface area contributed by atoms with Crippen LogP contribution in [0.5, 0.6) is 0 Å². The van der Waals surface area contributed by atoms with Crippen molar-refractivity contribution in [2.75, 3.05) is 5.75 Å². The number of H-pyrrole nitrogens is 1. The summed E-state index contributed by atoms with van der Waals surface area (Å²) >= 11 is 1.34. The van der Waals surface area contributed by atoms with Crippen molar-refractivity contribution in [2.45, 2.75) is 32.3 Å². The molecular formula is C25H24N4O2S. The first-order valence-corrected chi connectivity index (χ1v) is 11.3. The fourth-order valence-electron chi connectivity index (χ4n) is 3.88. The molecule has 4 aromatic rings. The van der Waals surface area contributed by atoms with E-state index in [1.807, 2.05) is 66.9 Å². The number of ketones is 2. The van der Waals surface area contributed by atoms with Crippen LogP contribution >= 0.6 is 11.8 Å². The van der Waals surface area contributed by atoms with Crippen molar-refractivity contribution in [1.29, 1.82) is 0 Å². The summed E-state index contributed by atoms with van der Waals surface area (Å²) in [4.78, 5) is 27.9. The second-order valence-electron chi connectivity index (χ2n) is 7.63. The highest BCUT2D eigenvalue weighted by Gasteiger charge is 2.21. The number of nitrogens with zero attached hydrogens (tertiary/aromatic N) is 3. The summed E-state index contributed by atoms with van der Waals surface area (Å²) in [5, 5.41) is 9.47. The Balaban J connectivity index is 1.61. The predicted octanol–water partition coefficient (Wildman–Crippen LogP) is 4.98. The van der Waals surface area contributed by atoms with Crippen molar-refractivity contribution >= 4 is 23.3 Å². The number of hydrogen-bond donors (Lipinski definition) is 1. The molecule has 0 atom stereocenters. The van der Waals surface area contributed by atoms with E-state index in [4.69, 9.17) is 0 Å². The zero-order valence-electron chi connectivity index (χ0n) is 18.3. The molecule has 0 spiro atoms. The Morgan fingerprint density at radius 1 is 0.969 bits per heavy atom. The maximum atomic E-state index is 13.0. The predicted molar refractivity (Wildman–Crippen MR) is 126 cm³/mol. The van der Waals surface area contributed by atoms with Gasteiger partial charge in [0.1, 0.15) is 5.82 Å². The van der Waals surface area contributed by atoms with Crippen molar-refractivity contribution < 1.29 is 9.59 Å². The summed E-state index contributed by atoms with van der Waals surface area (Å²) < 4.78 is 2.00. The molecule has 0 fully saturated rings. The van der Waals surface area contributed by atoms with Crippen molar-refractivity contribution in [2.24, 2.45) is 0 Å². The first kappa shape index (κ1) is 21.8. The molecule has 2 aromatic heterocycles. The van der Waals surface area contributed by atoms with Crippen LogP contribution in [0.4, 0.5) is 0 Å². The van der Waals surface area contributed by atoms with Crippen LogP contribution in [0, 0.1) is 13.8 Å². The molecule has 0 radical (unpaired) electrons. The number of rotatable bonds is 8. The Hall–Kier alpha value is -3.45. The topological polar surface area (TPSA) is 80.6 Å². The van der Waals surface area contributed by atoms with Gasteiger partial charge in [0, 0.05) is 23.4 Å². The molecule has 162 valence electrons. The van der Waals surface area contributed by atoms with Crippen LogP contribution < -0.4 is 0 Å². The van der Waals surface area contributed by atoms with E-state index in [2.05, 4.69) is 27.3 Å². The van der Waals surface area contributed by atoms with E-state index >= 15 is 0 Å². The fourth-order valence-corrected chi connectivity index (χ4v) is 4.73. The molecule has 0 aliphatic rings. The van der Waals surface area contributed by atoms with E-state index in [0.29, 0.717) is 28.4 Å². The van der Waals surface area contributed by atoms with E-state index in [1.165, 1.54) is 18.7 Å². The third-order valence-electron chi connectivity index (χ3n) is 5.32. The maximum absolute atomic E-state index is 13.0. The second-order valence-corrected chi connectivity index (χ2v) is 8.57. The lowest BCUT2D eigenvalue weighted by molar-refractivity contribution is 0.101. The summed E-state index contributed by atoms with van der Waals surface area (Å²) in [6, 6.07) is 20.0. The van der Waals surface area contributed by atoms with Gasteiger partial charge in [-0.15, -0.1) is 10.2 Å². The highest BCUT2D eigenvalue weighted by atomic mass is 32.2. The van der Waals surface area contributed by atoms with E-state index in [0.717, 1.165) is 22.8 Å². The Morgan fingerprint density at radius 2 is 1.62 bits per heavy atom. The molecule has 4 rings (SSSR count). The van der Waals surface area contributed by atoms with E-state index < -0.39 is 0 Å². The van der Waals surface area contributed by atoms with Crippen molar-refractivity contribution in [3.63, 3.8) is 0 Å². The minimum Gasteiger partial charge on any atom is -0.355 e. The highest BCUT2D eigenvalue weighted by Crippen LogP contribution is 2.26. The monoisotopic (exact) mass is 444 g/mol. The Morgan fingerprint density at radius 3 is 2.25 bits per heavy atom. The molecule has 2 heterocycles. The number of hydrogen-bond acceptors (Lipinski definition) is 5. The molecule has 0 saturated carbocycles. The molecule has 0 saturated heterocycles.